The Morgan fingerprint density at radius 3 is 2.95 bits per heavy atom. The van der Waals surface area contributed by atoms with Crippen LogP contribution in [0.1, 0.15) is 17.0 Å². The predicted octanol–water partition coefficient (Wildman–Crippen LogP) is 2.82. The van der Waals surface area contributed by atoms with Crippen LogP contribution in [0.4, 0.5) is 4.39 Å². The zero-order valence-corrected chi connectivity index (χ0v) is 13.2. The molecule has 2 aromatic rings. The monoisotopic (exact) mass is 309 g/mol. The first kappa shape index (κ1) is 16.0. The lowest BCUT2D eigenvalue weighted by Crippen LogP contribution is -2.20. The highest BCUT2D eigenvalue weighted by Gasteiger charge is 2.12. The van der Waals surface area contributed by atoms with Crippen molar-refractivity contribution in [2.45, 2.75) is 19.8 Å². The summed E-state index contributed by atoms with van der Waals surface area (Å²) in [6, 6.07) is 5.35. The Labute approximate surface area is 128 Å². The van der Waals surface area contributed by atoms with E-state index in [2.05, 4.69) is 15.5 Å². The fourth-order valence-electron chi connectivity index (χ4n) is 1.94. The third-order valence-electron chi connectivity index (χ3n) is 3.12. The zero-order valence-electron chi connectivity index (χ0n) is 12.4. The first-order valence-electron chi connectivity index (χ1n) is 7.00. The van der Waals surface area contributed by atoms with Crippen molar-refractivity contribution in [3.63, 3.8) is 0 Å². The van der Waals surface area contributed by atoms with Crippen LogP contribution in [0.3, 0.4) is 0 Å². The number of aryl methyl sites for hydroxylation is 2. The van der Waals surface area contributed by atoms with Crippen molar-refractivity contribution in [2.24, 2.45) is 0 Å². The number of rotatable bonds is 8. The summed E-state index contributed by atoms with van der Waals surface area (Å²) in [6.07, 6.45) is 1.83. The summed E-state index contributed by atoms with van der Waals surface area (Å²) in [5.41, 5.74) is 1.17. The number of halogens is 1. The number of nitrogens with zero attached hydrogens (tertiary/aromatic N) is 2. The highest BCUT2D eigenvalue weighted by Crippen LogP contribution is 2.27. The average Bonchev–Trinajstić information content (AvgIpc) is 2.94. The molecule has 1 aromatic heterocycles. The number of benzene rings is 1. The van der Waals surface area contributed by atoms with Gasteiger partial charge in [-0.2, -0.15) is 0 Å². The van der Waals surface area contributed by atoms with Gasteiger partial charge in [-0.25, -0.2) is 4.39 Å². The van der Waals surface area contributed by atoms with Crippen molar-refractivity contribution in [3.05, 3.63) is 34.6 Å². The quantitative estimate of drug-likeness (QED) is 0.762. The van der Waals surface area contributed by atoms with E-state index in [0.29, 0.717) is 16.1 Å². The Morgan fingerprint density at radius 2 is 2.14 bits per heavy atom. The predicted molar refractivity (Wildman–Crippen MR) is 83.1 cm³/mol. The van der Waals surface area contributed by atoms with Gasteiger partial charge in [-0.3, -0.25) is 0 Å². The van der Waals surface area contributed by atoms with E-state index in [1.165, 1.54) is 11.3 Å². The minimum atomic E-state index is -0.207. The lowest BCUT2D eigenvalue weighted by atomic mass is 10.1. The Balaban J connectivity index is 1.88. The van der Waals surface area contributed by atoms with Crippen LogP contribution < -0.4 is 5.32 Å². The van der Waals surface area contributed by atoms with Crippen molar-refractivity contribution in [1.29, 1.82) is 0 Å². The molecule has 1 aromatic carbocycles. The van der Waals surface area contributed by atoms with E-state index in [0.717, 1.165) is 37.5 Å². The lowest BCUT2D eigenvalue weighted by Gasteiger charge is -2.02. The lowest BCUT2D eigenvalue weighted by molar-refractivity contribution is 0.199. The Bertz CT molecular complexity index is 574. The van der Waals surface area contributed by atoms with E-state index in [1.54, 1.807) is 26.2 Å². The van der Waals surface area contributed by atoms with Gasteiger partial charge in [0.1, 0.15) is 10.8 Å². The molecule has 0 aliphatic carbocycles. The smallest absolute Gasteiger partial charge is 0.150 e. The molecule has 0 fully saturated rings. The number of aromatic nitrogens is 2. The second-order valence-corrected chi connectivity index (χ2v) is 5.85. The van der Waals surface area contributed by atoms with Gasteiger partial charge in [-0.05, 0) is 31.5 Å². The molecule has 0 unspecified atom stereocenters. The SMILES string of the molecule is COCCNCCCc1nnc(-c2cccc(C)c2F)s1. The van der Waals surface area contributed by atoms with Crippen molar-refractivity contribution >= 4 is 11.3 Å². The molecule has 0 spiro atoms. The Kier molecular flexibility index (Phi) is 6.22. The molecule has 2 rings (SSSR count). The molecule has 0 saturated heterocycles. The van der Waals surface area contributed by atoms with E-state index in [-0.39, 0.29) is 5.82 Å². The fraction of sp³-hybridized carbons (Fsp3) is 0.467. The first-order valence-corrected chi connectivity index (χ1v) is 7.81. The zero-order chi connectivity index (χ0) is 15.1. The standard InChI is InChI=1S/C15H20FN3OS/c1-11-5-3-6-12(14(11)16)15-19-18-13(21-15)7-4-8-17-9-10-20-2/h3,5-6,17H,4,7-10H2,1-2H3. The molecule has 4 nitrogen and oxygen atoms in total. The Hall–Kier alpha value is -1.37. The molecular formula is C15H20FN3OS. The van der Waals surface area contributed by atoms with Crippen molar-refractivity contribution in [2.75, 3.05) is 26.8 Å². The van der Waals surface area contributed by atoms with E-state index >= 15 is 0 Å². The van der Waals surface area contributed by atoms with Crippen LogP contribution >= 0.6 is 11.3 Å². The highest BCUT2D eigenvalue weighted by atomic mass is 32.1. The summed E-state index contributed by atoms with van der Waals surface area (Å²) in [7, 11) is 1.69. The van der Waals surface area contributed by atoms with E-state index in [4.69, 9.17) is 4.74 Å². The molecule has 1 N–H and O–H groups in total. The van der Waals surface area contributed by atoms with Gasteiger partial charge in [0.15, 0.2) is 5.01 Å². The number of hydrogen-bond acceptors (Lipinski definition) is 5. The molecule has 1 heterocycles. The summed E-state index contributed by atoms with van der Waals surface area (Å²) in [5.74, 6) is -0.207. The van der Waals surface area contributed by atoms with E-state index in [1.807, 2.05) is 6.07 Å². The van der Waals surface area contributed by atoms with Gasteiger partial charge in [0, 0.05) is 25.6 Å². The number of nitrogens with one attached hydrogen (secondary N) is 1. The normalized spacial score (nSPS) is 11.0. The Morgan fingerprint density at radius 1 is 1.29 bits per heavy atom. The van der Waals surface area contributed by atoms with Crippen LogP contribution in [0.25, 0.3) is 10.6 Å². The third kappa shape index (κ3) is 4.56. The van der Waals surface area contributed by atoms with Crippen LogP contribution in [0.15, 0.2) is 18.2 Å². The second kappa shape index (κ2) is 8.17. The van der Waals surface area contributed by atoms with Crippen molar-refractivity contribution in [3.8, 4) is 10.6 Å². The minimum Gasteiger partial charge on any atom is -0.383 e. The molecule has 0 saturated carbocycles. The fourth-order valence-corrected chi connectivity index (χ4v) is 2.84. The average molecular weight is 309 g/mol. The maximum Gasteiger partial charge on any atom is 0.150 e. The number of hydrogen-bond donors (Lipinski definition) is 1. The summed E-state index contributed by atoms with van der Waals surface area (Å²) >= 11 is 1.46. The van der Waals surface area contributed by atoms with Crippen molar-refractivity contribution in [1.82, 2.24) is 15.5 Å². The summed E-state index contributed by atoms with van der Waals surface area (Å²) in [4.78, 5) is 0. The molecular weight excluding hydrogens is 289 g/mol. The molecule has 114 valence electrons. The van der Waals surface area contributed by atoms with Crippen LogP contribution in [-0.2, 0) is 11.2 Å². The number of ether oxygens (including phenoxy) is 1. The minimum absolute atomic E-state index is 0.207. The molecule has 0 radical (unpaired) electrons. The highest BCUT2D eigenvalue weighted by molar-refractivity contribution is 7.14. The molecule has 0 aliphatic heterocycles. The van der Waals surface area contributed by atoms with Gasteiger partial charge in [0.2, 0.25) is 0 Å². The molecule has 21 heavy (non-hydrogen) atoms. The number of methoxy groups -OCH3 is 1. The first-order chi connectivity index (χ1) is 10.2. The molecule has 6 heteroatoms. The van der Waals surface area contributed by atoms with E-state index in [9.17, 15) is 4.39 Å². The van der Waals surface area contributed by atoms with Gasteiger partial charge < -0.3 is 10.1 Å². The van der Waals surface area contributed by atoms with Gasteiger partial charge >= 0.3 is 0 Å². The third-order valence-corrected chi connectivity index (χ3v) is 4.13. The van der Waals surface area contributed by atoms with E-state index < -0.39 is 0 Å². The topological polar surface area (TPSA) is 47.0 Å². The summed E-state index contributed by atoms with van der Waals surface area (Å²) in [5, 5.41) is 13.1. The van der Waals surface area contributed by atoms with Crippen LogP contribution in [-0.4, -0.2) is 37.0 Å². The molecule has 0 aliphatic rings. The molecule has 0 atom stereocenters. The van der Waals surface area contributed by atoms with Gasteiger partial charge in [0.05, 0.1) is 6.61 Å². The van der Waals surface area contributed by atoms with Crippen molar-refractivity contribution < 1.29 is 9.13 Å². The molecule has 0 amide bonds. The van der Waals surface area contributed by atoms with Crippen LogP contribution in [0, 0.1) is 12.7 Å². The summed E-state index contributed by atoms with van der Waals surface area (Å²) in [6.45, 7) is 4.24. The summed E-state index contributed by atoms with van der Waals surface area (Å²) < 4.78 is 19.0. The van der Waals surface area contributed by atoms with Gasteiger partial charge in [-0.1, -0.05) is 23.5 Å². The van der Waals surface area contributed by atoms with Gasteiger partial charge in [0.25, 0.3) is 0 Å². The van der Waals surface area contributed by atoms with Crippen LogP contribution in [0.5, 0.6) is 0 Å². The molecule has 0 bridgehead atoms. The maximum absolute atomic E-state index is 14.0. The largest absolute Gasteiger partial charge is 0.383 e. The van der Waals surface area contributed by atoms with Crippen LogP contribution in [0.2, 0.25) is 0 Å². The van der Waals surface area contributed by atoms with Gasteiger partial charge in [-0.15, -0.1) is 10.2 Å². The second-order valence-electron chi connectivity index (χ2n) is 4.78. The maximum atomic E-state index is 14.0.